The summed E-state index contributed by atoms with van der Waals surface area (Å²) in [6.45, 7) is 2.98. The van der Waals surface area contributed by atoms with Crippen LogP contribution in [0.2, 0.25) is 0 Å². The molecule has 7 heteroatoms. The van der Waals surface area contributed by atoms with E-state index in [9.17, 15) is 9.59 Å². The Morgan fingerprint density at radius 3 is 2.52 bits per heavy atom. The Bertz CT molecular complexity index is 714. The zero-order valence-corrected chi connectivity index (χ0v) is 14.3. The van der Waals surface area contributed by atoms with Gasteiger partial charge >= 0.3 is 0 Å². The van der Waals surface area contributed by atoms with Crippen LogP contribution < -0.4 is 10.9 Å². The molecule has 0 aliphatic carbocycles. The van der Waals surface area contributed by atoms with Crippen molar-refractivity contribution in [2.75, 3.05) is 27.2 Å². The summed E-state index contributed by atoms with van der Waals surface area (Å²) in [5.74, 6) is -0.274. The van der Waals surface area contributed by atoms with Crippen molar-refractivity contribution in [1.29, 1.82) is 0 Å². The van der Waals surface area contributed by atoms with Crippen molar-refractivity contribution in [2.24, 2.45) is 0 Å². The van der Waals surface area contributed by atoms with E-state index in [0.29, 0.717) is 17.8 Å². The number of amides is 1. The van der Waals surface area contributed by atoms with Crippen LogP contribution in [0.3, 0.4) is 0 Å². The van der Waals surface area contributed by atoms with E-state index in [-0.39, 0.29) is 29.6 Å². The monoisotopic (exact) mass is 336 g/mol. The van der Waals surface area contributed by atoms with E-state index in [1.807, 2.05) is 37.2 Å². The van der Waals surface area contributed by atoms with Gasteiger partial charge in [0.05, 0.1) is 5.69 Å². The lowest BCUT2D eigenvalue weighted by molar-refractivity contribution is 0.0943. The van der Waals surface area contributed by atoms with Gasteiger partial charge in [-0.15, -0.1) is 12.4 Å². The SMILES string of the molecule is Cc1cc(=O)n(-c2ccccc2)nc1C(=O)NCCN(C)C.Cl. The van der Waals surface area contributed by atoms with Crippen LogP contribution >= 0.6 is 12.4 Å². The number of hydrogen-bond acceptors (Lipinski definition) is 4. The molecule has 0 atom stereocenters. The van der Waals surface area contributed by atoms with Crippen LogP contribution in [0.25, 0.3) is 5.69 Å². The number of para-hydroxylation sites is 1. The number of aryl methyl sites for hydroxylation is 1. The van der Waals surface area contributed by atoms with Gasteiger partial charge in [-0.05, 0) is 38.7 Å². The number of benzene rings is 1. The predicted octanol–water partition coefficient (Wildman–Crippen LogP) is 1.25. The summed E-state index contributed by atoms with van der Waals surface area (Å²) < 4.78 is 1.24. The molecule has 0 aliphatic heterocycles. The summed E-state index contributed by atoms with van der Waals surface area (Å²) in [6, 6.07) is 10.5. The molecule has 0 saturated carbocycles. The highest BCUT2D eigenvalue weighted by atomic mass is 35.5. The molecule has 1 amide bonds. The fourth-order valence-electron chi connectivity index (χ4n) is 2.00. The summed E-state index contributed by atoms with van der Waals surface area (Å²) in [5.41, 5.74) is 1.21. The minimum atomic E-state index is -0.274. The molecule has 0 spiro atoms. The van der Waals surface area contributed by atoms with Gasteiger partial charge in [0, 0.05) is 19.2 Å². The van der Waals surface area contributed by atoms with Gasteiger partial charge in [-0.3, -0.25) is 9.59 Å². The first-order valence-electron chi connectivity index (χ1n) is 7.08. The molecule has 0 fully saturated rings. The fourth-order valence-corrected chi connectivity index (χ4v) is 2.00. The van der Waals surface area contributed by atoms with Crippen molar-refractivity contribution in [1.82, 2.24) is 20.0 Å². The van der Waals surface area contributed by atoms with Crippen molar-refractivity contribution in [3.63, 3.8) is 0 Å². The minimum Gasteiger partial charge on any atom is -0.349 e. The first-order chi connectivity index (χ1) is 10.5. The predicted molar refractivity (Wildman–Crippen MR) is 92.7 cm³/mol. The third-order valence-electron chi connectivity index (χ3n) is 3.18. The molecular weight excluding hydrogens is 316 g/mol. The van der Waals surface area contributed by atoms with E-state index in [0.717, 1.165) is 6.54 Å². The Labute approximate surface area is 141 Å². The van der Waals surface area contributed by atoms with E-state index < -0.39 is 0 Å². The van der Waals surface area contributed by atoms with Crippen molar-refractivity contribution in [2.45, 2.75) is 6.92 Å². The molecule has 1 aromatic heterocycles. The molecule has 1 N–H and O–H groups in total. The first-order valence-corrected chi connectivity index (χ1v) is 7.08. The molecule has 2 aromatic rings. The molecule has 0 saturated heterocycles. The number of halogens is 1. The number of carbonyl (C=O) groups excluding carboxylic acids is 1. The van der Waals surface area contributed by atoms with Gasteiger partial charge in [0.2, 0.25) is 0 Å². The third-order valence-corrected chi connectivity index (χ3v) is 3.18. The summed E-state index contributed by atoms with van der Waals surface area (Å²) in [7, 11) is 3.87. The maximum Gasteiger partial charge on any atom is 0.272 e. The second-order valence-corrected chi connectivity index (χ2v) is 5.32. The van der Waals surface area contributed by atoms with E-state index in [1.165, 1.54) is 10.7 Å². The fraction of sp³-hybridized carbons (Fsp3) is 0.312. The van der Waals surface area contributed by atoms with Crippen LogP contribution in [0.15, 0.2) is 41.2 Å². The third kappa shape index (κ3) is 4.91. The van der Waals surface area contributed by atoms with E-state index in [1.54, 1.807) is 19.1 Å². The highest BCUT2D eigenvalue weighted by molar-refractivity contribution is 5.93. The number of nitrogens with one attached hydrogen (secondary N) is 1. The Morgan fingerprint density at radius 2 is 1.91 bits per heavy atom. The lowest BCUT2D eigenvalue weighted by atomic mass is 10.2. The summed E-state index contributed by atoms with van der Waals surface area (Å²) in [5, 5.41) is 7.03. The first kappa shape index (κ1) is 18.9. The van der Waals surface area contributed by atoms with Gasteiger partial charge in [0.25, 0.3) is 11.5 Å². The molecule has 6 nitrogen and oxygen atoms in total. The molecule has 0 aliphatic rings. The molecular formula is C16H21ClN4O2. The van der Waals surface area contributed by atoms with E-state index in [2.05, 4.69) is 10.4 Å². The zero-order chi connectivity index (χ0) is 16.1. The normalized spacial score (nSPS) is 10.3. The Balaban J connectivity index is 0.00000264. The molecule has 1 aromatic carbocycles. The zero-order valence-electron chi connectivity index (χ0n) is 13.4. The second-order valence-electron chi connectivity index (χ2n) is 5.32. The van der Waals surface area contributed by atoms with E-state index >= 15 is 0 Å². The Kier molecular flexibility index (Phi) is 6.93. The van der Waals surface area contributed by atoms with Gasteiger partial charge in [-0.25, -0.2) is 0 Å². The van der Waals surface area contributed by atoms with Gasteiger partial charge in [-0.2, -0.15) is 9.78 Å². The van der Waals surface area contributed by atoms with Crippen LogP contribution in [0, 0.1) is 6.92 Å². The standard InChI is InChI=1S/C16H20N4O2.ClH/c1-12-11-14(21)20(13-7-5-4-6-8-13)18-15(12)16(22)17-9-10-19(2)3;/h4-8,11H,9-10H2,1-3H3,(H,17,22);1H. The Morgan fingerprint density at radius 1 is 1.26 bits per heavy atom. The van der Waals surface area contributed by atoms with Crippen molar-refractivity contribution < 1.29 is 4.79 Å². The average molecular weight is 337 g/mol. The lowest BCUT2D eigenvalue weighted by Gasteiger charge is -2.12. The van der Waals surface area contributed by atoms with Crippen LogP contribution in [0.1, 0.15) is 16.1 Å². The molecule has 124 valence electrons. The molecule has 23 heavy (non-hydrogen) atoms. The number of rotatable bonds is 5. The van der Waals surface area contributed by atoms with Crippen LogP contribution in [-0.4, -0.2) is 47.8 Å². The number of nitrogens with zero attached hydrogens (tertiary/aromatic N) is 3. The smallest absolute Gasteiger partial charge is 0.272 e. The summed E-state index contributed by atoms with van der Waals surface area (Å²) >= 11 is 0. The number of likely N-dealkylation sites (N-methyl/N-ethyl adjacent to an activating group) is 1. The number of carbonyl (C=O) groups is 1. The highest BCUT2D eigenvalue weighted by Crippen LogP contribution is 2.06. The summed E-state index contributed by atoms with van der Waals surface area (Å²) in [6.07, 6.45) is 0. The van der Waals surface area contributed by atoms with Crippen molar-refractivity contribution >= 4 is 18.3 Å². The molecule has 0 bridgehead atoms. The van der Waals surface area contributed by atoms with Gasteiger partial charge in [0.1, 0.15) is 0 Å². The average Bonchev–Trinajstić information content (AvgIpc) is 2.47. The van der Waals surface area contributed by atoms with Gasteiger partial charge in [-0.1, -0.05) is 18.2 Å². The van der Waals surface area contributed by atoms with Gasteiger partial charge < -0.3 is 10.2 Å². The Hall–Kier alpha value is -2.18. The number of aromatic nitrogens is 2. The largest absolute Gasteiger partial charge is 0.349 e. The maximum absolute atomic E-state index is 12.2. The molecule has 1 heterocycles. The van der Waals surface area contributed by atoms with E-state index in [4.69, 9.17) is 0 Å². The highest BCUT2D eigenvalue weighted by Gasteiger charge is 2.14. The lowest BCUT2D eigenvalue weighted by Crippen LogP contribution is -2.34. The van der Waals surface area contributed by atoms with Gasteiger partial charge in [0.15, 0.2) is 5.69 Å². The maximum atomic E-state index is 12.2. The minimum absolute atomic E-state index is 0. The molecule has 0 unspecified atom stereocenters. The van der Waals surface area contributed by atoms with Crippen LogP contribution in [0.4, 0.5) is 0 Å². The quantitative estimate of drug-likeness (QED) is 0.892. The van der Waals surface area contributed by atoms with Crippen LogP contribution in [-0.2, 0) is 0 Å². The van der Waals surface area contributed by atoms with Crippen LogP contribution in [0.5, 0.6) is 0 Å². The molecule has 2 rings (SSSR count). The second kappa shape index (κ2) is 8.45. The topological polar surface area (TPSA) is 67.2 Å². The molecule has 0 radical (unpaired) electrons. The number of hydrogen-bond donors (Lipinski definition) is 1. The van der Waals surface area contributed by atoms with Crippen molar-refractivity contribution in [3.8, 4) is 5.69 Å². The summed E-state index contributed by atoms with van der Waals surface area (Å²) in [4.78, 5) is 26.3. The van der Waals surface area contributed by atoms with Crippen molar-refractivity contribution in [3.05, 3.63) is 58.0 Å².